The molecule has 15 heavy (non-hydrogen) atoms. The van der Waals surface area contributed by atoms with Crippen molar-refractivity contribution in [2.24, 2.45) is 0 Å². The summed E-state index contributed by atoms with van der Waals surface area (Å²) in [7, 11) is 2.10. The molecule has 2 aliphatic heterocycles. The molecule has 2 heterocycles. The second-order valence-electron chi connectivity index (χ2n) is 4.31. The molecule has 86 valence electrons. The van der Waals surface area contributed by atoms with E-state index in [0.29, 0.717) is 0 Å². The molecule has 0 saturated carbocycles. The van der Waals surface area contributed by atoms with Crippen molar-refractivity contribution < 1.29 is 4.79 Å². The van der Waals surface area contributed by atoms with Crippen molar-refractivity contribution >= 4 is 6.03 Å². The summed E-state index contributed by atoms with van der Waals surface area (Å²) in [6, 6.07) is 0.226. The van der Waals surface area contributed by atoms with E-state index in [4.69, 9.17) is 0 Å². The van der Waals surface area contributed by atoms with Gasteiger partial charge in [-0.05, 0) is 7.05 Å². The summed E-state index contributed by atoms with van der Waals surface area (Å²) in [5.41, 5.74) is 0. The van der Waals surface area contributed by atoms with E-state index in [2.05, 4.69) is 17.3 Å². The minimum absolute atomic E-state index is 0.226. The van der Waals surface area contributed by atoms with Crippen LogP contribution in [0.25, 0.3) is 0 Å². The number of amides is 2. The summed E-state index contributed by atoms with van der Waals surface area (Å²) in [6.45, 7) is 7.31. The van der Waals surface area contributed by atoms with Crippen LogP contribution in [-0.4, -0.2) is 80.1 Å². The molecule has 0 spiro atoms. The summed E-state index contributed by atoms with van der Waals surface area (Å²) in [5.74, 6) is 0. The van der Waals surface area contributed by atoms with Crippen LogP contribution in [-0.2, 0) is 0 Å². The quantitative estimate of drug-likeness (QED) is 0.575. The molecule has 0 atom stereocenters. The molecule has 2 saturated heterocycles. The first-order valence-corrected chi connectivity index (χ1v) is 5.70. The van der Waals surface area contributed by atoms with E-state index in [-0.39, 0.29) is 6.03 Å². The van der Waals surface area contributed by atoms with Crippen molar-refractivity contribution in [3.05, 3.63) is 0 Å². The van der Waals surface area contributed by atoms with Crippen molar-refractivity contribution in [3.8, 4) is 0 Å². The Balaban J connectivity index is 1.84. The topological polar surface area (TPSA) is 38.8 Å². The van der Waals surface area contributed by atoms with Gasteiger partial charge in [0.05, 0.1) is 0 Å². The van der Waals surface area contributed by atoms with Gasteiger partial charge in [0.15, 0.2) is 0 Å². The molecule has 0 aromatic rings. The van der Waals surface area contributed by atoms with Crippen LogP contribution < -0.4 is 5.32 Å². The molecule has 2 rings (SSSR count). The molecule has 0 aromatic carbocycles. The highest BCUT2D eigenvalue weighted by molar-refractivity contribution is 5.74. The van der Waals surface area contributed by atoms with Crippen molar-refractivity contribution in [3.63, 3.8) is 0 Å². The third-order valence-electron chi connectivity index (χ3n) is 3.16. The maximum Gasteiger partial charge on any atom is 0.320 e. The van der Waals surface area contributed by atoms with Crippen LogP contribution in [0.3, 0.4) is 0 Å². The van der Waals surface area contributed by atoms with E-state index >= 15 is 0 Å². The molecule has 0 unspecified atom stereocenters. The number of urea groups is 1. The third kappa shape index (κ3) is 2.60. The van der Waals surface area contributed by atoms with E-state index in [1.807, 2.05) is 9.80 Å². The fourth-order valence-corrected chi connectivity index (χ4v) is 2.05. The van der Waals surface area contributed by atoms with Crippen LogP contribution in [0.5, 0.6) is 0 Å². The lowest BCUT2D eigenvalue weighted by Gasteiger charge is -2.37. The molecule has 5 heteroatoms. The first-order chi connectivity index (χ1) is 7.27. The zero-order valence-corrected chi connectivity index (χ0v) is 9.41. The monoisotopic (exact) mass is 212 g/mol. The Hall–Kier alpha value is -0.810. The Morgan fingerprint density at radius 1 is 0.933 bits per heavy atom. The van der Waals surface area contributed by atoms with Crippen LogP contribution in [0.2, 0.25) is 0 Å². The number of carbonyl (C=O) groups excluding carboxylic acids is 1. The van der Waals surface area contributed by atoms with Crippen molar-refractivity contribution in [2.75, 3.05) is 59.4 Å². The summed E-state index contributed by atoms with van der Waals surface area (Å²) >= 11 is 0. The van der Waals surface area contributed by atoms with Crippen LogP contribution in [0.15, 0.2) is 0 Å². The van der Waals surface area contributed by atoms with E-state index in [1.54, 1.807) is 0 Å². The Kier molecular flexibility index (Phi) is 3.43. The van der Waals surface area contributed by atoms with E-state index < -0.39 is 0 Å². The maximum absolute atomic E-state index is 12.1. The molecule has 0 aliphatic carbocycles. The molecule has 2 amide bonds. The lowest BCUT2D eigenvalue weighted by Crippen LogP contribution is -2.55. The fraction of sp³-hybridized carbons (Fsp3) is 0.900. The predicted molar refractivity (Wildman–Crippen MR) is 58.9 cm³/mol. The van der Waals surface area contributed by atoms with Gasteiger partial charge in [0, 0.05) is 52.4 Å². The Morgan fingerprint density at radius 3 is 2.07 bits per heavy atom. The fourth-order valence-electron chi connectivity index (χ4n) is 2.05. The largest absolute Gasteiger partial charge is 0.322 e. The normalized spacial score (nSPS) is 24.3. The molecule has 5 nitrogen and oxygen atoms in total. The van der Waals surface area contributed by atoms with E-state index in [0.717, 1.165) is 52.4 Å². The second-order valence-corrected chi connectivity index (χ2v) is 4.31. The zero-order chi connectivity index (χ0) is 10.7. The highest BCUT2D eigenvalue weighted by Crippen LogP contribution is 2.05. The first kappa shape index (κ1) is 10.7. The SMILES string of the molecule is CN1CCN(C(=O)N2CCNCC2)CC1. The molecule has 2 fully saturated rings. The molecular formula is C10H20N4O. The van der Waals surface area contributed by atoms with Gasteiger partial charge in [-0.2, -0.15) is 0 Å². The van der Waals surface area contributed by atoms with Gasteiger partial charge in [0.25, 0.3) is 0 Å². The zero-order valence-electron chi connectivity index (χ0n) is 9.41. The van der Waals surface area contributed by atoms with Crippen LogP contribution >= 0.6 is 0 Å². The minimum Gasteiger partial charge on any atom is -0.322 e. The van der Waals surface area contributed by atoms with Crippen LogP contribution in [0.4, 0.5) is 4.79 Å². The van der Waals surface area contributed by atoms with Crippen molar-refractivity contribution in [2.45, 2.75) is 0 Å². The first-order valence-electron chi connectivity index (χ1n) is 5.70. The van der Waals surface area contributed by atoms with Crippen molar-refractivity contribution in [1.82, 2.24) is 20.0 Å². The number of likely N-dealkylation sites (N-methyl/N-ethyl adjacent to an activating group) is 1. The number of nitrogens with zero attached hydrogens (tertiary/aromatic N) is 3. The average molecular weight is 212 g/mol. The summed E-state index contributed by atoms with van der Waals surface area (Å²) in [4.78, 5) is 18.3. The van der Waals surface area contributed by atoms with Gasteiger partial charge in [-0.25, -0.2) is 4.79 Å². The number of piperazine rings is 2. The highest BCUT2D eigenvalue weighted by atomic mass is 16.2. The Bertz CT molecular complexity index is 219. The summed E-state index contributed by atoms with van der Waals surface area (Å²) < 4.78 is 0. The minimum atomic E-state index is 0.226. The van der Waals surface area contributed by atoms with E-state index in [1.165, 1.54) is 0 Å². The van der Waals surface area contributed by atoms with Gasteiger partial charge in [-0.15, -0.1) is 0 Å². The maximum atomic E-state index is 12.1. The number of rotatable bonds is 0. The highest BCUT2D eigenvalue weighted by Gasteiger charge is 2.24. The number of hydrogen-bond acceptors (Lipinski definition) is 3. The van der Waals surface area contributed by atoms with Gasteiger partial charge in [-0.3, -0.25) is 0 Å². The summed E-state index contributed by atoms with van der Waals surface area (Å²) in [5, 5.41) is 3.26. The van der Waals surface area contributed by atoms with E-state index in [9.17, 15) is 4.79 Å². The lowest BCUT2D eigenvalue weighted by molar-refractivity contribution is 0.118. The molecule has 1 N–H and O–H groups in total. The molecule has 2 aliphatic rings. The van der Waals surface area contributed by atoms with Gasteiger partial charge in [0.1, 0.15) is 0 Å². The van der Waals surface area contributed by atoms with Crippen LogP contribution in [0, 0.1) is 0 Å². The number of carbonyl (C=O) groups is 1. The molecule has 0 aromatic heterocycles. The Morgan fingerprint density at radius 2 is 1.47 bits per heavy atom. The van der Waals surface area contributed by atoms with Gasteiger partial charge < -0.3 is 20.0 Å². The van der Waals surface area contributed by atoms with Gasteiger partial charge in [0.2, 0.25) is 0 Å². The number of nitrogens with one attached hydrogen (secondary N) is 1. The second kappa shape index (κ2) is 4.81. The van der Waals surface area contributed by atoms with Crippen LogP contribution in [0.1, 0.15) is 0 Å². The lowest BCUT2D eigenvalue weighted by atomic mass is 10.3. The molecule has 0 radical (unpaired) electrons. The molecule has 0 bridgehead atoms. The van der Waals surface area contributed by atoms with Gasteiger partial charge in [-0.1, -0.05) is 0 Å². The van der Waals surface area contributed by atoms with Gasteiger partial charge >= 0.3 is 6.03 Å². The standard InChI is InChI=1S/C10H20N4O/c1-12-6-8-14(9-7-12)10(15)13-4-2-11-3-5-13/h11H,2-9H2,1H3. The number of hydrogen-bond donors (Lipinski definition) is 1. The Labute approximate surface area is 91.0 Å². The van der Waals surface area contributed by atoms with Crippen molar-refractivity contribution in [1.29, 1.82) is 0 Å². The third-order valence-corrected chi connectivity index (χ3v) is 3.16. The predicted octanol–water partition coefficient (Wildman–Crippen LogP) is -0.741. The smallest absolute Gasteiger partial charge is 0.320 e. The molecular weight excluding hydrogens is 192 g/mol. The summed E-state index contributed by atoms with van der Waals surface area (Å²) in [6.07, 6.45) is 0. The average Bonchev–Trinajstić information content (AvgIpc) is 2.30.